The van der Waals surface area contributed by atoms with Gasteiger partial charge in [0.25, 0.3) is 0 Å². The highest BCUT2D eigenvalue weighted by Crippen LogP contribution is 2.22. The second kappa shape index (κ2) is 20.6. The molecule has 0 radical (unpaired) electrons. The second-order valence-electron chi connectivity index (χ2n) is 10.3. The number of allylic oxidation sites excluding steroid dienone is 1. The molecule has 0 bridgehead atoms. The molecule has 0 saturated carbocycles. The molecule has 0 aliphatic rings. The first-order valence-corrected chi connectivity index (χ1v) is 14.2. The van der Waals surface area contributed by atoms with Crippen molar-refractivity contribution in [1.29, 1.82) is 0 Å². The van der Waals surface area contributed by atoms with Crippen molar-refractivity contribution in [3.05, 3.63) is 11.6 Å². The first-order valence-electron chi connectivity index (χ1n) is 13.1. The average Bonchev–Trinajstić information content (AvgIpc) is 2.75. The van der Waals surface area contributed by atoms with Gasteiger partial charge in [0.05, 0.1) is 0 Å². The molecule has 0 aliphatic carbocycles. The van der Waals surface area contributed by atoms with Gasteiger partial charge in [-0.05, 0) is 37.5 Å². The van der Waals surface area contributed by atoms with Crippen LogP contribution in [0.2, 0.25) is 0 Å². The maximum absolute atomic E-state index is 11.7. The predicted molar refractivity (Wildman–Crippen MR) is 144 cm³/mol. The molecule has 7 nitrogen and oxygen atoms in total. The lowest BCUT2D eigenvalue weighted by molar-refractivity contribution is -0.145. The van der Waals surface area contributed by atoms with Gasteiger partial charge in [0, 0.05) is 11.5 Å². The van der Waals surface area contributed by atoms with Crippen molar-refractivity contribution in [3.63, 3.8) is 0 Å². The number of carboxylic acid groups (broad SMARTS) is 2. The van der Waals surface area contributed by atoms with Crippen LogP contribution < -0.4 is 5.32 Å². The van der Waals surface area contributed by atoms with Crippen LogP contribution in [-0.2, 0) is 19.1 Å². The number of nitrogens with one attached hydrogen (secondary N) is 1. The first-order chi connectivity index (χ1) is 16.5. The third kappa shape index (κ3) is 21.5. The third-order valence-corrected chi connectivity index (χ3v) is 7.04. The molecular formula is C27H49NO6S. The number of amides is 1. The molecule has 1 amide bonds. The molecule has 3 N–H and O–H groups in total. The van der Waals surface area contributed by atoms with Crippen LogP contribution in [0.15, 0.2) is 11.6 Å². The van der Waals surface area contributed by atoms with E-state index in [4.69, 9.17) is 5.11 Å². The Morgan fingerprint density at radius 2 is 1.46 bits per heavy atom. The lowest BCUT2D eigenvalue weighted by Gasteiger charge is -2.15. The molecule has 3 atom stereocenters. The molecule has 0 aliphatic heterocycles. The van der Waals surface area contributed by atoms with E-state index in [1.165, 1.54) is 68.7 Å². The summed E-state index contributed by atoms with van der Waals surface area (Å²) in [6, 6.07) is -1.03. The first kappa shape index (κ1) is 33.5. The average molecular weight is 516 g/mol. The largest absolute Gasteiger partial charge is 0.480 e. The van der Waals surface area contributed by atoms with Crippen LogP contribution in [0, 0.1) is 17.8 Å². The lowest BCUT2D eigenvalue weighted by Crippen LogP contribution is -2.44. The van der Waals surface area contributed by atoms with E-state index in [0.29, 0.717) is 5.75 Å². The van der Waals surface area contributed by atoms with Crippen molar-refractivity contribution in [2.24, 2.45) is 17.8 Å². The molecule has 0 aromatic rings. The molecule has 0 fully saturated rings. The molecule has 35 heavy (non-hydrogen) atoms. The van der Waals surface area contributed by atoms with Crippen LogP contribution in [0.3, 0.4) is 0 Å². The van der Waals surface area contributed by atoms with Crippen molar-refractivity contribution in [3.8, 4) is 0 Å². The monoisotopic (exact) mass is 515 g/mol. The van der Waals surface area contributed by atoms with E-state index in [-0.39, 0.29) is 5.75 Å². The number of hydrogen-bond acceptors (Lipinski definition) is 5. The predicted octanol–water partition coefficient (Wildman–Crippen LogP) is 5.78. The van der Waals surface area contributed by atoms with Gasteiger partial charge in [-0.25, -0.2) is 9.59 Å². The Hall–Kier alpha value is -1.54. The van der Waals surface area contributed by atoms with E-state index in [9.17, 15) is 19.5 Å². The zero-order valence-electron chi connectivity index (χ0n) is 22.5. The van der Waals surface area contributed by atoms with E-state index in [0.717, 1.165) is 24.2 Å². The number of carbonyl (C=O) groups is 3. The topological polar surface area (TPSA) is 113 Å². The molecule has 8 heteroatoms. The summed E-state index contributed by atoms with van der Waals surface area (Å²) < 4.78 is 4.68. The fourth-order valence-corrected chi connectivity index (χ4v) is 4.84. The van der Waals surface area contributed by atoms with Crippen molar-refractivity contribution >= 4 is 29.6 Å². The van der Waals surface area contributed by atoms with Crippen molar-refractivity contribution in [1.82, 2.24) is 5.32 Å². The van der Waals surface area contributed by atoms with Gasteiger partial charge in [0.15, 0.2) is 0 Å². The molecular weight excluding hydrogens is 466 g/mol. The highest BCUT2D eigenvalue weighted by atomic mass is 32.2. The number of ether oxygens (including phenoxy) is 1. The third-order valence-electron chi connectivity index (χ3n) is 6.07. The number of hydrogen-bond donors (Lipinski definition) is 3. The molecule has 0 heterocycles. The number of carboxylic acids is 2. The summed E-state index contributed by atoms with van der Waals surface area (Å²) in [7, 11) is 0. The highest BCUT2D eigenvalue weighted by molar-refractivity contribution is 7.99. The van der Waals surface area contributed by atoms with Crippen molar-refractivity contribution in [2.45, 2.75) is 98.4 Å². The minimum absolute atomic E-state index is 0.233. The van der Waals surface area contributed by atoms with Crippen LogP contribution in [-0.4, -0.2) is 58.8 Å². The smallest absolute Gasteiger partial charge is 0.329 e. The Labute approximate surface area is 216 Å². The summed E-state index contributed by atoms with van der Waals surface area (Å²) in [6.07, 6.45) is 13.6. The fourth-order valence-electron chi connectivity index (χ4n) is 3.84. The Kier molecular flexibility index (Phi) is 19.7. The molecule has 0 aromatic carbocycles. The number of thioether (sulfide) groups is 1. The van der Waals surface area contributed by atoms with Gasteiger partial charge in [-0.1, -0.05) is 84.3 Å². The normalized spacial score (nSPS) is 14.5. The van der Waals surface area contributed by atoms with E-state index >= 15 is 0 Å². The summed E-state index contributed by atoms with van der Waals surface area (Å²) in [6.45, 7) is 10.4. The molecule has 0 saturated heterocycles. The second-order valence-corrected chi connectivity index (χ2v) is 11.4. The van der Waals surface area contributed by atoms with E-state index in [1.807, 2.05) is 0 Å². The summed E-state index contributed by atoms with van der Waals surface area (Å²) in [5, 5.41) is 20.1. The van der Waals surface area contributed by atoms with E-state index < -0.39 is 37.1 Å². The van der Waals surface area contributed by atoms with Gasteiger partial charge < -0.3 is 20.3 Å². The maximum atomic E-state index is 11.7. The van der Waals surface area contributed by atoms with E-state index in [2.05, 4.69) is 50.7 Å². The number of aliphatic carboxylic acids is 2. The molecule has 0 spiro atoms. The van der Waals surface area contributed by atoms with E-state index in [1.54, 1.807) is 0 Å². The number of rotatable bonds is 22. The minimum Gasteiger partial charge on any atom is -0.480 e. The van der Waals surface area contributed by atoms with Crippen LogP contribution >= 0.6 is 11.8 Å². The molecule has 3 unspecified atom stereocenters. The Morgan fingerprint density at radius 3 is 2.00 bits per heavy atom. The van der Waals surface area contributed by atoms with Gasteiger partial charge in [0.2, 0.25) is 5.91 Å². The highest BCUT2D eigenvalue weighted by Gasteiger charge is 2.19. The quantitative estimate of drug-likeness (QED) is 0.124. The van der Waals surface area contributed by atoms with Gasteiger partial charge in [-0.2, -0.15) is 11.8 Å². The van der Waals surface area contributed by atoms with Crippen LogP contribution in [0.25, 0.3) is 0 Å². The zero-order chi connectivity index (χ0) is 26.6. The number of carbonyl (C=O) groups excluding carboxylic acids is 1. The Balaban J connectivity index is 3.99. The fraction of sp³-hybridized carbons (Fsp3) is 0.815. The summed E-state index contributed by atoms with van der Waals surface area (Å²) in [5.41, 5.74) is 1.31. The summed E-state index contributed by atoms with van der Waals surface area (Å²) in [4.78, 5) is 33.4. The van der Waals surface area contributed by atoms with Gasteiger partial charge in [0.1, 0.15) is 19.3 Å². The summed E-state index contributed by atoms with van der Waals surface area (Å²) in [5.74, 6) is 0.373. The zero-order valence-corrected chi connectivity index (χ0v) is 23.3. The van der Waals surface area contributed by atoms with Crippen molar-refractivity contribution in [2.75, 3.05) is 24.7 Å². The van der Waals surface area contributed by atoms with Gasteiger partial charge in [-0.15, -0.1) is 0 Å². The molecule has 0 rings (SSSR count). The van der Waals surface area contributed by atoms with Gasteiger partial charge in [-0.3, -0.25) is 4.79 Å². The molecule has 0 aromatic heterocycles. The van der Waals surface area contributed by atoms with Crippen LogP contribution in [0.4, 0.5) is 0 Å². The Morgan fingerprint density at radius 1 is 0.886 bits per heavy atom. The van der Waals surface area contributed by atoms with Crippen molar-refractivity contribution < 1.29 is 29.3 Å². The SMILES string of the molecule is C/C(=C\CSCC(NC(=O)COCC(=O)O)C(=O)O)CCCC(C)CCCC(C)CCCC(C)C. The van der Waals surface area contributed by atoms with Gasteiger partial charge >= 0.3 is 11.9 Å². The summed E-state index contributed by atoms with van der Waals surface area (Å²) >= 11 is 1.44. The molecule has 204 valence electrons. The minimum atomic E-state index is -1.18. The van der Waals surface area contributed by atoms with Crippen LogP contribution in [0.5, 0.6) is 0 Å². The lowest BCUT2D eigenvalue weighted by atomic mass is 9.91. The standard InChI is InChI=1S/C27H49NO6S/c1-20(2)9-6-10-21(3)11-7-12-22(4)13-8-14-23(5)15-16-35-19-24(27(32)33)28-25(29)17-34-18-26(30)31/h15,20-22,24H,6-14,16-19H2,1-5H3,(H,28,29)(H,30,31)(H,32,33)/b23-15+. The Bertz CT molecular complexity index is 637. The van der Waals surface area contributed by atoms with Crippen LogP contribution in [0.1, 0.15) is 92.4 Å². The maximum Gasteiger partial charge on any atom is 0.329 e.